The van der Waals surface area contributed by atoms with Crippen molar-refractivity contribution in [3.63, 3.8) is 0 Å². The van der Waals surface area contributed by atoms with Gasteiger partial charge in [0.05, 0.1) is 19.5 Å². The van der Waals surface area contributed by atoms with Crippen LogP contribution in [-0.2, 0) is 20.9 Å². The van der Waals surface area contributed by atoms with Crippen molar-refractivity contribution < 1.29 is 23.0 Å². The van der Waals surface area contributed by atoms with Gasteiger partial charge < -0.3 is 9.47 Å². The van der Waals surface area contributed by atoms with Crippen molar-refractivity contribution in [2.75, 3.05) is 6.61 Å². The number of hydrogen-bond acceptors (Lipinski definition) is 3. The molecule has 0 spiro atoms. The fourth-order valence-electron chi connectivity index (χ4n) is 1.55. The average molecular weight is 254 g/mol. The van der Waals surface area contributed by atoms with Gasteiger partial charge in [0.25, 0.3) is 0 Å². The highest BCUT2D eigenvalue weighted by Crippen LogP contribution is 2.27. The molecule has 1 aromatic rings. The van der Waals surface area contributed by atoms with Crippen LogP contribution in [0.25, 0.3) is 0 Å². The number of carbonyl (C=O) groups is 1. The molecule has 1 aromatic carbocycles. The molecule has 0 aromatic heterocycles. The third-order valence-corrected chi connectivity index (χ3v) is 2.58. The maximum Gasteiger partial charge on any atom is 0.347 e. The Hall–Kier alpha value is -1.75. The minimum Gasteiger partial charge on any atom is -0.489 e. The van der Waals surface area contributed by atoms with Crippen LogP contribution >= 0.6 is 0 Å². The zero-order chi connectivity index (χ0) is 13.0. The molecule has 0 N–H and O–H groups in total. The van der Waals surface area contributed by atoms with Crippen molar-refractivity contribution in [3.8, 4) is 0 Å². The van der Waals surface area contributed by atoms with Crippen LogP contribution in [0.3, 0.4) is 0 Å². The van der Waals surface area contributed by atoms with E-state index in [1.54, 1.807) is 0 Å². The molecule has 2 rings (SSSR count). The first-order chi connectivity index (χ1) is 8.60. The molecule has 1 unspecified atom stereocenters. The van der Waals surface area contributed by atoms with E-state index < -0.39 is 17.8 Å². The third kappa shape index (κ3) is 2.73. The molecule has 0 saturated carbocycles. The minimum atomic E-state index is -3.52. The predicted molar refractivity (Wildman–Crippen MR) is 60.1 cm³/mol. The highest BCUT2D eigenvalue weighted by Gasteiger charge is 2.49. The maximum atomic E-state index is 13.4. The van der Waals surface area contributed by atoms with Crippen LogP contribution < -0.4 is 0 Å². The zero-order valence-corrected chi connectivity index (χ0v) is 9.51. The molecule has 5 heteroatoms. The highest BCUT2D eigenvalue weighted by molar-refractivity contribution is 5.96. The molecule has 0 fully saturated rings. The number of allylic oxidation sites excluding steroid dienone is 1. The van der Waals surface area contributed by atoms with E-state index in [-0.39, 0.29) is 13.2 Å². The van der Waals surface area contributed by atoms with Gasteiger partial charge in [0.2, 0.25) is 5.78 Å². The first kappa shape index (κ1) is 12.7. The Bertz CT molecular complexity index is 443. The molecule has 0 saturated heterocycles. The molecule has 0 aliphatic carbocycles. The molecule has 0 bridgehead atoms. The Kier molecular flexibility index (Phi) is 3.72. The van der Waals surface area contributed by atoms with Crippen LogP contribution in [0, 0.1) is 0 Å². The van der Waals surface area contributed by atoms with E-state index >= 15 is 0 Å². The van der Waals surface area contributed by atoms with Gasteiger partial charge in [-0.1, -0.05) is 30.3 Å². The van der Waals surface area contributed by atoms with E-state index in [9.17, 15) is 13.6 Å². The molecule has 96 valence electrons. The Morgan fingerprint density at radius 1 is 1.28 bits per heavy atom. The summed E-state index contributed by atoms with van der Waals surface area (Å²) in [6.45, 7) is -0.132. The van der Waals surface area contributed by atoms with Crippen molar-refractivity contribution in [3.05, 3.63) is 48.2 Å². The monoisotopic (exact) mass is 254 g/mol. The lowest BCUT2D eigenvalue weighted by Crippen LogP contribution is -2.46. The molecule has 0 radical (unpaired) electrons. The predicted octanol–water partition coefficient (Wildman–Crippen LogP) is 2.32. The van der Waals surface area contributed by atoms with Crippen molar-refractivity contribution in [1.82, 2.24) is 0 Å². The third-order valence-electron chi connectivity index (χ3n) is 2.58. The Labute approximate surface area is 103 Å². The maximum absolute atomic E-state index is 13.4. The summed E-state index contributed by atoms with van der Waals surface area (Å²) >= 11 is 0. The standard InChI is InChI=1S/C13H12F2O3/c14-13(15)11(16)6-7-18-12(13)9-17-8-10-4-2-1-3-5-10/h1-7,12H,8-9H2. The van der Waals surface area contributed by atoms with Gasteiger partial charge >= 0.3 is 5.92 Å². The largest absolute Gasteiger partial charge is 0.489 e. The number of ether oxygens (including phenoxy) is 2. The summed E-state index contributed by atoms with van der Waals surface area (Å²) in [5.74, 6) is -4.77. The lowest BCUT2D eigenvalue weighted by atomic mass is 10.1. The van der Waals surface area contributed by atoms with Gasteiger partial charge in [0.15, 0.2) is 6.10 Å². The van der Waals surface area contributed by atoms with Gasteiger partial charge in [0, 0.05) is 6.08 Å². The molecule has 1 aliphatic rings. The Balaban J connectivity index is 1.87. The second kappa shape index (κ2) is 5.27. The normalized spacial score (nSPS) is 21.7. The molecule has 1 aliphatic heterocycles. The number of ketones is 1. The van der Waals surface area contributed by atoms with Crippen LogP contribution in [0.1, 0.15) is 5.56 Å². The molecule has 18 heavy (non-hydrogen) atoms. The van der Waals surface area contributed by atoms with E-state index in [0.29, 0.717) is 0 Å². The average Bonchev–Trinajstić information content (AvgIpc) is 2.36. The molecular weight excluding hydrogens is 242 g/mol. The number of hydrogen-bond donors (Lipinski definition) is 0. The first-order valence-corrected chi connectivity index (χ1v) is 5.46. The van der Waals surface area contributed by atoms with Gasteiger partial charge in [-0.15, -0.1) is 0 Å². The Morgan fingerprint density at radius 2 is 2.00 bits per heavy atom. The summed E-state index contributed by atoms with van der Waals surface area (Å²) in [7, 11) is 0. The quantitative estimate of drug-likeness (QED) is 0.827. The van der Waals surface area contributed by atoms with E-state index in [2.05, 4.69) is 0 Å². The van der Waals surface area contributed by atoms with Crippen molar-refractivity contribution in [2.24, 2.45) is 0 Å². The van der Waals surface area contributed by atoms with Gasteiger partial charge in [-0.25, -0.2) is 0 Å². The van der Waals surface area contributed by atoms with E-state index in [4.69, 9.17) is 9.47 Å². The Morgan fingerprint density at radius 3 is 2.72 bits per heavy atom. The number of rotatable bonds is 4. The van der Waals surface area contributed by atoms with E-state index in [0.717, 1.165) is 17.9 Å². The van der Waals surface area contributed by atoms with Gasteiger partial charge in [-0.05, 0) is 5.56 Å². The second-order valence-electron chi connectivity index (χ2n) is 3.92. The van der Waals surface area contributed by atoms with Gasteiger partial charge in [-0.3, -0.25) is 4.79 Å². The zero-order valence-electron chi connectivity index (χ0n) is 9.51. The lowest BCUT2D eigenvalue weighted by molar-refractivity contribution is -0.169. The van der Waals surface area contributed by atoms with Crippen LogP contribution in [-0.4, -0.2) is 24.4 Å². The lowest BCUT2D eigenvalue weighted by Gasteiger charge is -2.26. The molecule has 3 nitrogen and oxygen atoms in total. The van der Waals surface area contributed by atoms with E-state index in [1.807, 2.05) is 30.3 Å². The fourth-order valence-corrected chi connectivity index (χ4v) is 1.55. The summed E-state index contributed by atoms with van der Waals surface area (Å²) in [4.78, 5) is 11.0. The summed E-state index contributed by atoms with van der Waals surface area (Å²) in [5, 5.41) is 0. The van der Waals surface area contributed by atoms with Crippen LogP contribution in [0.15, 0.2) is 42.7 Å². The topological polar surface area (TPSA) is 35.5 Å². The number of halogens is 2. The van der Waals surface area contributed by atoms with Crippen LogP contribution in [0.5, 0.6) is 0 Å². The van der Waals surface area contributed by atoms with Crippen molar-refractivity contribution in [2.45, 2.75) is 18.6 Å². The first-order valence-electron chi connectivity index (χ1n) is 5.46. The SMILES string of the molecule is O=C1C=COC(COCc2ccccc2)C1(F)F. The van der Waals surface area contributed by atoms with E-state index in [1.165, 1.54) is 0 Å². The number of alkyl halides is 2. The second-order valence-corrected chi connectivity index (χ2v) is 3.92. The van der Waals surface area contributed by atoms with Gasteiger partial charge in [0.1, 0.15) is 0 Å². The number of benzene rings is 1. The smallest absolute Gasteiger partial charge is 0.347 e. The highest BCUT2D eigenvalue weighted by atomic mass is 19.3. The van der Waals surface area contributed by atoms with Crippen LogP contribution in [0.2, 0.25) is 0 Å². The summed E-state index contributed by atoms with van der Waals surface area (Å²) < 4.78 is 36.6. The fraction of sp³-hybridized carbons (Fsp3) is 0.308. The summed E-state index contributed by atoms with van der Waals surface area (Å²) in [5.41, 5.74) is 0.874. The van der Waals surface area contributed by atoms with Crippen molar-refractivity contribution >= 4 is 5.78 Å². The number of carbonyl (C=O) groups excluding carboxylic acids is 1. The molecular formula is C13H12F2O3. The molecule has 1 atom stereocenters. The minimum absolute atomic E-state index is 0.203. The summed E-state index contributed by atoms with van der Waals surface area (Å²) in [6.07, 6.45) is 0.156. The summed E-state index contributed by atoms with van der Waals surface area (Å²) in [6, 6.07) is 9.16. The van der Waals surface area contributed by atoms with Gasteiger partial charge in [-0.2, -0.15) is 8.78 Å². The molecule has 0 amide bonds. The van der Waals surface area contributed by atoms with Crippen molar-refractivity contribution in [1.29, 1.82) is 0 Å². The molecule has 1 heterocycles. The van der Waals surface area contributed by atoms with Crippen LogP contribution in [0.4, 0.5) is 8.78 Å².